The number of nitrogens with zero attached hydrogens (tertiary/aromatic N) is 1. The molecular formula is C18H17ClN2O5S. The fraction of sp³-hybridized carbons (Fsp3) is 0.278. The zero-order valence-electron chi connectivity index (χ0n) is 14.9. The first-order valence-electron chi connectivity index (χ1n) is 7.95. The number of ether oxygens (including phenoxy) is 2. The van der Waals surface area contributed by atoms with E-state index in [1.165, 1.54) is 14.2 Å². The van der Waals surface area contributed by atoms with E-state index >= 15 is 0 Å². The Morgan fingerprint density at radius 1 is 1.19 bits per heavy atom. The second kappa shape index (κ2) is 7.21. The first-order chi connectivity index (χ1) is 12.8. The van der Waals surface area contributed by atoms with Crippen LogP contribution in [-0.2, 0) is 10.3 Å². The Morgan fingerprint density at radius 3 is 2.48 bits per heavy atom. The zero-order chi connectivity index (χ0) is 19.8. The molecule has 7 nitrogen and oxygen atoms in total. The maximum absolute atomic E-state index is 13.0. The molecule has 1 N–H and O–H groups in total. The third-order valence-corrected chi connectivity index (χ3v) is 5.66. The van der Waals surface area contributed by atoms with E-state index in [2.05, 4.69) is 5.32 Å². The van der Waals surface area contributed by atoms with Crippen LogP contribution in [0, 0.1) is 0 Å². The van der Waals surface area contributed by atoms with Crippen LogP contribution in [-0.4, -0.2) is 43.4 Å². The second-order valence-electron chi connectivity index (χ2n) is 6.04. The van der Waals surface area contributed by atoms with Crippen molar-refractivity contribution in [2.45, 2.75) is 12.5 Å². The zero-order valence-corrected chi connectivity index (χ0v) is 16.4. The number of hydrogen-bond donors (Lipinski definition) is 1. The highest BCUT2D eigenvalue weighted by molar-refractivity contribution is 7.18. The summed E-state index contributed by atoms with van der Waals surface area (Å²) < 4.78 is 10.9. The highest BCUT2D eigenvalue weighted by atomic mass is 35.5. The second-order valence-corrected chi connectivity index (χ2v) is 7.76. The number of methoxy groups -OCH3 is 2. The van der Waals surface area contributed by atoms with Gasteiger partial charge in [0.05, 0.1) is 30.0 Å². The lowest BCUT2D eigenvalue weighted by molar-refractivity contribution is -0.130. The number of benzene rings is 1. The van der Waals surface area contributed by atoms with Gasteiger partial charge in [0.2, 0.25) is 0 Å². The molecule has 142 valence electrons. The van der Waals surface area contributed by atoms with E-state index < -0.39 is 17.5 Å². The minimum atomic E-state index is -1.32. The van der Waals surface area contributed by atoms with Crippen molar-refractivity contribution in [1.82, 2.24) is 10.2 Å². The van der Waals surface area contributed by atoms with Crippen LogP contribution < -0.4 is 14.8 Å². The van der Waals surface area contributed by atoms with Crippen molar-refractivity contribution in [2.75, 3.05) is 20.8 Å². The molecule has 1 atom stereocenters. The fourth-order valence-electron chi connectivity index (χ4n) is 2.87. The summed E-state index contributed by atoms with van der Waals surface area (Å²) in [6.07, 6.45) is 0. The highest BCUT2D eigenvalue weighted by Crippen LogP contribution is 2.35. The fourth-order valence-corrected chi connectivity index (χ4v) is 3.84. The van der Waals surface area contributed by atoms with Gasteiger partial charge in [-0.3, -0.25) is 14.5 Å². The third kappa shape index (κ3) is 3.38. The van der Waals surface area contributed by atoms with Crippen molar-refractivity contribution in [1.29, 1.82) is 0 Å². The maximum Gasteiger partial charge on any atom is 0.325 e. The molecule has 27 heavy (non-hydrogen) atoms. The van der Waals surface area contributed by atoms with Gasteiger partial charge in [0.15, 0.2) is 17.3 Å². The average molecular weight is 409 g/mol. The Balaban J connectivity index is 1.87. The van der Waals surface area contributed by atoms with E-state index in [1.807, 2.05) is 0 Å². The van der Waals surface area contributed by atoms with Crippen molar-refractivity contribution in [3.63, 3.8) is 0 Å². The summed E-state index contributed by atoms with van der Waals surface area (Å²) in [5.74, 6) is 0.0620. The lowest BCUT2D eigenvalue weighted by Crippen LogP contribution is -2.41. The SMILES string of the molecule is COc1ccc([C@]2(C)NC(=O)N(CC(=O)c3ccc(Cl)s3)C2=O)cc1OC. The molecule has 1 aromatic heterocycles. The number of carbonyl (C=O) groups is 3. The number of nitrogens with one attached hydrogen (secondary N) is 1. The molecule has 0 spiro atoms. The first kappa shape index (κ1) is 19.2. The van der Waals surface area contributed by atoms with E-state index in [4.69, 9.17) is 21.1 Å². The van der Waals surface area contributed by atoms with Gasteiger partial charge in [-0.1, -0.05) is 17.7 Å². The number of ketones is 1. The number of rotatable bonds is 6. The van der Waals surface area contributed by atoms with Crippen molar-refractivity contribution >= 4 is 40.7 Å². The number of imide groups is 1. The minimum Gasteiger partial charge on any atom is -0.493 e. The number of urea groups is 1. The average Bonchev–Trinajstić information content (AvgIpc) is 3.18. The van der Waals surface area contributed by atoms with Gasteiger partial charge in [0.1, 0.15) is 5.54 Å². The minimum absolute atomic E-state index is 0.355. The van der Waals surface area contributed by atoms with Gasteiger partial charge in [-0.05, 0) is 36.8 Å². The number of amides is 3. The molecule has 0 bridgehead atoms. The monoisotopic (exact) mass is 408 g/mol. The highest BCUT2D eigenvalue weighted by Gasteiger charge is 2.49. The Bertz CT molecular complexity index is 928. The van der Waals surface area contributed by atoms with Gasteiger partial charge in [0, 0.05) is 0 Å². The number of halogens is 1. The predicted molar refractivity (Wildman–Crippen MR) is 101 cm³/mol. The molecule has 0 aliphatic carbocycles. The number of thiophene rings is 1. The van der Waals surface area contributed by atoms with E-state index in [1.54, 1.807) is 37.3 Å². The molecule has 2 heterocycles. The molecule has 0 radical (unpaired) electrons. The molecular weight excluding hydrogens is 392 g/mol. The van der Waals surface area contributed by atoms with Crippen molar-refractivity contribution in [2.24, 2.45) is 0 Å². The molecule has 1 saturated heterocycles. The van der Waals surface area contributed by atoms with Crippen molar-refractivity contribution in [3.8, 4) is 11.5 Å². The summed E-state index contributed by atoms with van der Waals surface area (Å²) in [7, 11) is 2.99. The molecule has 1 aromatic carbocycles. The molecule has 1 fully saturated rings. The summed E-state index contributed by atoms with van der Waals surface area (Å²) in [4.78, 5) is 39.0. The van der Waals surface area contributed by atoms with Gasteiger partial charge in [0.25, 0.3) is 5.91 Å². The van der Waals surface area contributed by atoms with Gasteiger partial charge in [-0.2, -0.15) is 0 Å². The number of carbonyl (C=O) groups excluding carboxylic acids is 3. The van der Waals surface area contributed by atoms with Crippen LogP contribution in [0.25, 0.3) is 0 Å². The Labute approximate surface area is 164 Å². The van der Waals surface area contributed by atoms with Crippen LogP contribution in [0.3, 0.4) is 0 Å². The quantitative estimate of drug-likeness (QED) is 0.586. The van der Waals surface area contributed by atoms with Crippen LogP contribution in [0.1, 0.15) is 22.2 Å². The molecule has 2 aromatic rings. The molecule has 9 heteroatoms. The number of hydrogen-bond acceptors (Lipinski definition) is 6. The van der Waals surface area contributed by atoms with Gasteiger partial charge in [-0.15, -0.1) is 11.3 Å². The third-order valence-electron chi connectivity index (χ3n) is 4.39. The lowest BCUT2D eigenvalue weighted by Gasteiger charge is -2.23. The number of Topliss-reactive ketones (excluding diaryl/α,β-unsaturated/α-hetero) is 1. The summed E-state index contributed by atoms with van der Waals surface area (Å²) in [6, 6.07) is 7.49. The van der Waals surface area contributed by atoms with Gasteiger partial charge in [-0.25, -0.2) is 4.79 Å². The van der Waals surface area contributed by atoms with E-state index in [9.17, 15) is 14.4 Å². The molecule has 0 unspecified atom stereocenters. The Hall–Kier alpha value is -2.58. The Kier molecular flexibility index (Phi) is 5.12. The van der Waals surface area contributed by atoms with Crippen LogP contribution in [0.4, 0.5) is 4.79 Å². The van der Waals surface area contributed by atoms with Crippen LogP contribution >= 0.6 is 22.9 Å². The first-order valence-corrected chi connectivity index (χ1v) is 9.14. The van der Waals surface area contributed by atoms with Crippen LogP contribution in [0.15, 0.2) is 30.3 Å². The molecule has 1 aliphatic rings. The Morgan fingerprint density at radius 2 is 1.89 bits per heavy atom. The maximum atomic E-state index is 13.0. The molecule has 3 amide bonds. The van der Waals surface area contributed by atoms with E-state index in [0.29, 0.717) is 26.3 Å². The van der Waals surface area contributed by atoms with Crippen LogP contribution in [0.2, 0.25) is 4.34 Å². The summed E-state index contributed by atoms with van der Waals surface area (Å²) in [6.45, 7) is 1.23. The van der Waals surface area contributed by atoms with E-state index in [-0.39, 0.29) is 12.3 Å². The largest absolute Gasteiger partial charge is 0.493 e. The molecule has 3 rings (SSSR count). The predicted octanol–water partition coefficient (Wildman–Crippen LogP) is 3.07. The van der Waals surface area contributed by atoms with Gasteiger partial charge < -0.3 is 14.8 Å². The van der Waals surface area contributed by atoms with Gasteiger partial charge >= 0.3 is 6.03 Å². The van der Waals surface area contributed by atoms with Crippen molar-refractivity contribution in [3.05, 3.63) is 45.1 Å². The van der Waals surface area contributed by atoms with Crippen molar-refractivity contribution < 1.29 is 23.9 Å². The normalized spacial score (nSPS) is 19.2. The molecule has 1 aliphatic heterocycles. The smallest absolute Gasteiger partial charge is 0.325 e. The topological polar surface area (TPSA) is 84.9 Å². The van der Waals surface area contributed by atoms with Crippen LogP contribution in [0.5, 0.6) is 11.5 Å². The lowest BCUT2D eigenvalue weighted by atomic mass is 9.91. The summed E-state index contributed by atoms with van der Waals surface area (Å²) in [5, 5.41) is 2.66. The van der Waals surface area contributed by atoms with E-state index in [0.717, 1.165) is 16.2 Å². The standard InChI is InChI=1S/C18H17ClN2O5S/c1-18(10-4-5-12(25-2)13(8-10)26-3)16(23)21(17(24)20-18)9-11(22)14-6-7-15(19)27-14/h4-8H,9H2,1-3H3,(H,20,24)/t18-/m0/s1. The summed E-state index contributed by atoms with van der Waals surface area (Å²) in [5.41, 5.74) is -0.795. The summed E-state index contributed by atoms with van der Waals surface area (Å²) >= 11 is 6.94. The molecule has 0 saturated carbocycles.